The molecule has 1 aliphatic rings. The number of hydrogen-bond donors (Lipinski definition) is 1. The molecule has 2 aromatic rings. The highest BCUT2D eigenvalue weighted by atomic mass is 32.2. The lowest BCUT2D eigenvalue weighted by atomic mass is 10.1. The van der Waals surface area contributed by atoms with Gasteiger partial charge >= 0.3 is 0 Å². The van der Waals surface area contributed by atoms with Gasteiger partial charge < -0.3 is 10.1 Å². The second kappa shape index (κ2) is 6.56. The summed E-state index contributed by atoms with van der Waals surface area (Å²) >= 11 is 2.07. The summed E-state index contributed by atoms with van der Waals surface area (Å²) in [6.07, 6.45) is 5.75. The molecular formula is C17H22N2OS. The Morgan fingerprint density at radius 3 is 3.05 bits per heavy atom. The van der Waals surface area contributed by atoms with Crippen molar-refractivity contribution in [2.75, 3.05) is 18.2 Å². The number of nitrogens with zero attached hydrogens (tertiary/aromatic N) is 1. The van der Waals surface area contributed by atoms with Crippen molar-refractivity contribution in [3.05, 3.63) is 30.5 Å². The predicted molar refractivity (Wildman–Crippen MR) is 91.5 cm³/mol. The summed E-state index contributed by atoms with van der Waals surface area (Å²) in [5.41, 5.74) is 0. The molecule has 4 heteroatoms. The third kappa shape index (κ3) is 3.10. The SMILES string of the molecule is CCSC1CCCC1Nc1nccc2cc(OC)ccc12. The minimum atomic E-state index is 0.537. The normalized spacial score (nSPS) is 21.6. The van der Waals surface area contributed by atoms with E-state index >= 15 is 0 Å². The fraction of sp³-hybridized carbons (Fsp3) is 0.471. The summed E-state index contributed by atoms with van der Waals surface area (Å²) in [6, 6.07) is 8.74. The molecule has 0 saturated heterocycles. The number of benzene rings is 1. The van der Waals surface area contributed by atoms with Crippen LogP contribution in [0.3, 0.4) is 0 Å². The van der Waals surface area contributed by atoms with Gasteiger partial charge in [-0.1, -0.05) is 13.3 Å². The van der Waals surface area contributed by atoms with Crippen molar-refractivity contribution in [2.45, 2.75) is 37.5 Å². The second-order valence-electron chi connectivity index (χ2n) is 5.42. The van der Waals surface area contributed by atoms with Crippen LogP contribution in [0.15, 0.2) is 30.5 Å². The molecule has 2 atom stereocenters. The van der Waals surface area contributed by atoms with Gasteiger partial charge in [-0.15, -0.1) is 0 Å². The maximum absolute atomic E-state index is 5.30. The van der Waals surface area contributed by atoms with Crippen LogP contribution >= 0.6 is 11.8 Å². The molecule has 1 saturated carbocycles. The van der Waals surface area contributed by atoms with Gasteiger partial charge in [0.05, 0.1) is 7.11 Å². The van der Waals surface area contributed by atoms with Crippen molar-refractivity contribution in [3.63, 3.8) is 0 Å². The number of hydrogen-bond acceptors (Lipinski definition) is 4. The van der Waals surface area contributed by atoms with E-state index < -0.39 is 0 Å². The molecule has 0 bridgehead atoms. The average molecular weight is 302 g/mol. The van der Waals surface area contributed by atoms with Crippen LogP contribution in [0.25, 0.3) is 10.8 Å². The van der Waals surface area contributed by atoms with Gasteiger partial charge in [0.15, 0.2) is 0 Å². The van der Waals surface area contributed by atoms with E-state index in [4.69, 9.17) is 4.74 Å². The summed E-state index contributed by atoms with van der Waals surface area (Å²) in [7, 11) is 1.70. The summed E-state index contributed by atoms with van der Waals surface area (Å²) < 4.78 is 5.30. The van der Waals surface area contributed by atoms with Gasteiger partial charge in [0.25, 0.3) is 0 Å². The minimum absolute atomic E-state index is 0.537. The highest BCUT2D eigenvalue weighted by Crippen LogP contribution is 2.33. The zero-order valence-corrected chi connectivity index (χ0v) is 13.5. The van der Waals surface area contributed by atoms with Crippen molar-refractivity contribution in [2.24, 2.45) is 0 Å². The van der Waals surface area contributed by atoms with Gasteiger partial charge in [0, 0.05) is 22.9 Å². The lowest BCUT2D eigenvalue weighted by Crippen LogP contribution is -2.26. The molecule has 0 aliphatic heterocycles. The number of pyridine rings is 1. The smallest absolute Gasteiger partial charge is 0.134 e. The molecule has 2 unspecified atom stereocenters. The molecule has 3 nitrogen and oxygen atoms in total. The molecule has 1 aromatic heterocycles. The number of aromatic nitrogens is 1. The molecule has 1 N–H and O–H groups in total. The standard InChI is InChI=1S/C17H22N2OS/c1-3-21-16-6-4-5-15(16)19-17-14-8-7-13(20-2)11-12(14)9-10-18-17/h7-11,15-16H,3-6H2,1-2H3,(H,18,19). The lowest BCUT2D eigenvalue weighted by molar-refractivity contribution is 0.415. The maximum atomic E-state index is 5.30. The molecule has 1 aliphatic carbocycles. The second-order valence-corrected chi connectivity index (χ2v) is 6.94. The third-order valence-corrected chi connectivity index (χ3v) is 5.45. The van der Waals surface area contributed by atoms with Crippen molar-refractivity contribution in [1.82, 2.24) is 4.98 Å². The Kier molecular flexibility index (Phi) is 4.54. The zero-order valence-electron chi connectivity index (χ0n) is 12.6. The van der Waals surface area contributed by atoms with Crippen LogP contribution in [-0.4, -0.2) is 29.1 Å². The first-order chi connectivity index (χ1) is 10.3. The molecule has 1 fully saturated rings. The van der Waals surface area contributed by atoms with Crippen molar-refractivity contribution in [3.8, 4) is 5.75 Å². The summed E-state index contributed by atoms with van der Waals surface area (Å²) in [6.45, 7) is 2.24. The van der Waals surface area contributed by atoms with Crippen molar-refractivity contribution >= 4 is 28.4 Å². The van der Waals surface area contributed by atoms with E-state index in [0.717, 1.165) is 11.6 Å². The molecule has 0 spiro atoms. The first-order valence-corrected chi connectivity index (χ1v) is 8.67. The van der Waals surface area contributed by atoms with E-state index in [2.05, 4.69) is 41.1 Å². The predicted octanol–water partition coefficient (Wildman–Crippen LogP) is 4.33. The Morgan fingerprint density at radius 1 is 1.33 bits per heavy atom. The summed E-state index contributed by atoms with van der Waals surface area (Å²) in [5, 5.41) is 6.74. The van der Waals surface area contributed by atoms with Crippen molar-refractivity contribution in [1.29, 1.82) is 0 Å². The van der Waals surface area contributed by atoms with Crippen LogP contribution < -0.4 is 10.1 Å². The van der Waals surface area contributed by atoms with Gasteiger partial charge in [0.1, 0.15) is 11.6 Å². The molecule has 21 heavy (non-hydrogen) atoms. The highest BCUT2D eigenvalue weighted by Gasteiger charge is 2.27. The number of thioether (sulfide) groups is 1. The highest BCUT2D eigenvalue weighted by molar-refractivity contribution is 7.99. The van der Waals surface area contributed by atoms with Gasteiger partial charge in [-0.05, 0) is 48.2 Å². The van der Waals surface area contributed by atoms with Crippen LogP contribution in [0.4, 0.5) is 5.82 Å². The van der Waals surface area contributed by atoms with E-state index in [0.29, 0.717) is 11.3 Å². The van der Waals surface area contributed by atoms with E-state index in [1.54, 1.807) is 7.11 Å². The molecule has 1 heterocycles. The topological polar surface area (TPSA) is 34.2 Å². The molecule has 0 amide bonds. The zero-order chi connectivity index (χ0) is 14.7. The molecule has 3 rings (SSSR count). The number of anilines is 1. The Morgan fingerprint density at radius 2 is 2.24 bits per heavy atom. The largest absolute Gasteiger partial charge is 0.497 e. The van der Waals surface area contributed by atoms with Crippen LogP contribution in [0.1, 0.15) is 26.2 Å². The van der Waals surface area contributed by atoms with E-state index in [9.17, 15) is 0 Å². The summed E-state index contributed by atoms with van der Waals surface area (Å²) in [4.78, 5) is 4.56. The Bertz CT molecular complexity index is 617. The Balaban J connectivity index is 1.86. The monoisotopic (exact) mass is 302 g/mol. The first-order valence-electron chi connectivity index (χ1n) is 7.62. The quantitative estimate of drug-likeness (QED) is 0.891. The number of ether oxygens (including phenoxy) is 1. The van der Waals surface area contributed by atoms with E-state index in [1.807, 2.05) is 18.3 Å². The van der Waals surface area contributed by atoms with Crippen LogP contribution in [-0.2, 0) is 0 Å². The molecular weight excluding hydrogens is 280 g/mol. The average Bonchev–Trinajstić information content (AvgIpc) is 2.94. The van der Waals surface area contributed by atoms with Crippen LogP contribution in [0.5, 0.6) is 5.75 Å². The van der Waals surface area contributed by atoms with Gasteiger partial charge in [-0.3, -0.25) is 0 Å². The maximum Gasteiger partial charge on any atom is 0.134 e. The minimum Gasteiger partial charge on any atom is -0.497 e. The molecule has 1 aromatic carbocycles. The van der Waals surface area contributed by atoms with Crippen molar-refractivity contribution < 1.29 is 4.74 Å². The number of fused-ring (bicyclic) bond motifs is 1. The Labute approximate surface area is 130 Å². The first kappa shape index (κ1) is 14.5. The van der Waals surface area contributed by atoms with Gasteiger partial charge in [-0.2, -0.15) is 11.8 Å². The fourth-order valence-corrected chi connectivity index (χ4v) is 4.28. The van der Waals surface area contributed by atoms with E-state index in [-0.39, 0.29) is 0 Å². The molecule has 112 valence electrons. The van der Waals surface area contributed by atoms with Gasteiger partial charge in [0.2, 0.25) is 0 Å². The Hall–Kier alpha value is -1.42. The van der Waals surface area contributed by atoms with E-state index in [1.165, 1.54) is 35.8 Å². The van der Waals surface area contributed by atoms with Gasteiger partial charge in [-0.25, -0.2) is 4.98 Å². The number of methoxy groups -OCH3 is 1. The van der Waals surface area contributed by atoms with Crippen LogP contribution in [0.2, 0.25) is 0 Å². The third-order valence-electron chi connectivity index (χ3n) is 4.13. The summed E-state index contributed by atoms with van der Waals surface area (Å²) in [5.74, 6) is 3.08. The number of nitrogens with one attached hydrogen (secondary N) is 1. The van der Waals surface area contributed by atoms with Crippen LogP contribution in [0, 0.1) is 0 Å². The number of rotatable bonds is 5. The lowest BCUT2D eigenvalue weighted by Gasteiger charge is -2.21. The fourth-order valence-electron chi connectivity index (χ4n) is 3.08. The molecule has 0 radical (unpaired) electrons.